The summed E-state index contributed by atoms with van der Waals surface area (Å²) in [5.41, 5.74) is 0. The van der Waals surface area contributed by atoms with Crippen LogP contribution in [0.1, 0.15) is 26.7 Å². The average Bonchev–Trinajstić information content (AvgIpc) is 1.91. The van der Waals surface area contributed by atoms with Crippen molar-refractivity contribution in [3.8, 4) is 11.8 Å². The van der Waals surface area contributed by atoms with E-state index in [0.29, 0.717) is 0 Å². The van der Waals surface area contributed by atoms with Crippen LogP contribution < -0.4 is 0 Å². The molecule has 0 radical (unpaired) electrons. The zero-order valence-corrected chi connectivity index (χ0v) is 6.40. The maximum atomic E-state index is 5.03. The zero-order chi connectivity index (χ0) is 7.11. The van der Waals surface area contributed by atoms with Gasteiger partial charge in [0.25, 0.3) is 0 Å². The van der Waals surface area contributed by atoms with Gasteiger partial charge in [-0.1, -0.05) is 19.8 Å². The van der Waals surface area contributed by atoms with E-state index < -0.39 is 0 Å². The molecule has 0 aliphatic carbocycles. The molecule has 0 rings (SSSR count). The third kappa shape index (κ3) is 4.05. The van der Waals surface area contributed by atoms with Crippen molar-refractivity contribution in [2.24, 2.45) is 0 Å². The molecule has 0 aromatic carbocycles. The predicted molar refractivity (Wildman–Crippen MR) is 39.2 cm³/mol. The first kappa shape index (κ1) is 8.52. The molecular formula is C8H14O. The van der Waals surface area contributed by atoms with Crippen molar-refractivity contribution >= 4 is 0 Å². The van der Waals surface area contributed by atoms with E-state index in [0.717, 1.165) is 12.8 Å². The van der Waals surface area contributed by atoms with Crippen LogP contribution in [0.5, 0.6) is 0 Å². The van der Waals surface area contributed by atoms with E-state index in [2.05, 4.69) is 18.8 Å². The van der Waals surface area contributed by atoms with Gasteiger partial charge in [-0.3, -0.25) is 0 Å². The van der Waals surface area contributed by atoms with Crippen molar-refractivity contribution in [2.45, 2.75) is 32.8 Å². The van der Waals surface area contributed by atoms with Crippen LogP contribution in [-0.2, 0) is 4.74 Å². The summed E-state index contributed by atoms with van der Waals surface area (Å²) in [5.74, 6) is 5.97. The van der Waals surface area contributed by atoms with Gasteiger partial charge in [-0.05, 0) is 6.42 Å². The number of hydrogen-bond acceptors (Lipinski definition) is 1. The summed E-state index contributed by atoms with van der Waals surface area (Å²) >= 11 is 0. The lowest BCUT2D eigenvalue weighted by atomic mass is 10.3. The van der Waals surface area contributed by atoms with Crippen LogP contribution in [0.4, 0.5) is 0 Å². The molecule has 0 aliphatic heterocycles. The van der Waals surface area contributed by atoms with Crippen LogP contribution in [0.2, 0.25) is 0 Å². The summed E-state index contributed by atoms with van der Waals surface area (Å²) in [6.45, 7) is 4.11. The van der Waals surface area contributed by atoms with E-state index in [1.165, 1.54) is 0 Å². The summed E-state index contributed by atoms with van der Waals surface area (Å²) in [5, 5.41) is 0. The van der Waals surface area contributed by atoms with Crippen molar-refractivity contribution in [1.29, 1.82) is 0 Å². The van der Waals surface area contributed by atoms with Gasteiger partial charge in [-0.15, -0.1) is 5.92 Å². The van der Waals surface area contributed by atoms with Crippen LogP contribution in [0, 0.1) is 11.8 Å². The minimum atomic E-state index is 0.143. The molecule has 0 heterocycles. The number of methoxy groups -OCH3 is 1. The van der Waals surface area contributed by atoms with E-state index in [9.17, 15) is 0 Å². The predicted octanol–water partition coefficient (Wildman–Crippen LogP) is 1.82. The topological polar surface area (TPSA) is 9.23 Å². The minimum absolute atomic E-state index is 0.143. The Hall–Kier alpha value is -0.480. The van der Waals surface area contributed by atoms with Crippen LogP contribution in [0.3, 0.4) is 0 Å². The van der Waals surface area contributed by atoms with Gasteiger partial charge in [0, 0.05) is 13.5 Å². The van der Waals surface area contributed by atoms with Crippen molar-refractivity contribution in [3.63, 3.8) is 0 Å². The molecule has 0 N–H and O–H groups in total. The minimum Gasteiger partial charge on any atom is -0.369 e. The number of hydrogen-bond donors (Lipinski definition) is 0. The highest BCUT2D eigenvalue weighted by Crippen LogP contribution is 1.92. The Labute approximate surface area is 57.4 Å². The maximum Gasteiger partial charge on any atom is 0.117 e. The highest BCUT2D eigenvalue weighted by atomic mass is 16.5. The van der Waals surface area contributed by atoms with E-state index in [1.807, 2.05) is 6.92 Å². The Balaban J connectivity index is 3.54. The molecule has 1 atom stereocenters. The molecule has 1 heteroatoms. The normalized spacial score (nSPS) is 11.9. The Morgan fingerprint density at radius 1 is 1.44 bits per heavy atom. The fourth-order valence-corrected chi connectivity index (χ4v) is 0.544. The third-order valence-corrected chi connectivity index (χ3v) is 1.10. The zero-order valence-electron chi connectivity index (χ0n) is 6.40. The largest absolute Gasteiger partial charge is 0.369 e. The van der Waals surface area contributed by atoms with Gasteiger partial charge >= 0.3 is 0 Å². The van der Waals surface area contributed by atoms with Gasteiger partial charge in [-0.2, -0.15) is 0 Å². The lowest BCUT2D eigenvalue weighted by molar-refractivity contribution is 0.145. The monoisotopic (exact) mass is 126 g/mol. The standard InChI is InChI=1S/C8H14O/c1-4-6-7-8(5-2)9-3/h8H,4-5H2,1-3H3. The maximum absolute atomic E-state index is 5.03. The molecule has 0 aromatic rings. The first-order valence-corrected chi connectivity index (χ1v) is 3.36. The molecule has 0 fully saturated rings. The average molecular weight is 126 g/mol. The SMILES string of the molecule is CCC#CC(CC)OC. The van der Waals surface area contributed by atoms with Gasteiger partial charge in [0.1, 0.15) is 6.10 Å². The molecule has 1 nitrogen and oxygen atoms in total. The molecule has 1 unspecified atom stereocenters. The fourth-order valence-electron chi connectivity index (χ4n) is 0.544. The van der Waals surface area contributed by atoms with Gasteiger partial charge in [0.05, 0.1) is 0 Å². The number of ether oxygens (including phenoxy) is 1. The highest BCUT2D eigenvalue weighted by molar-refractivity contribution is 5.03. The lowest BCUT2D eigenvalue weighted by Crippen LogP contribution is -2.04. The summed E-state index contributed by atoms with van der Waals surface area (Å²) in [6.07, 6.45) is 2.04. The van der Waals surface area contributed by atoms with Crippen molar-refractivity contribution in [1.82, 2.24) is 0 Å². The van der Waals surface area contributed by atoms with Gasteiger partial charge in [0.15, 0.2) is 0 Å². The molecule has 0 aromatic heterocycles. The second kappa shape index (κ2) is 5.65. The van der Waals surface area contributed by atoms with Crippen LogP contribution in [0.25, 0.3) is 0 Å². The molecule has 0 bridgehead atoms. The molecule has 0 saturated carbocycles. The quantitative estimate of drug-likeness (QED) is 0.513. The Morgan fingerprint density at radius 2 is 2.11 bits per heavy atom. The van der Waals surface area contributed by atoms with E-state index >= 15 is 0 Å². The van der Waals surface area contributed by atoms with Crippen LogP contribution >= 0.6 is 0 Å². The van der Waals surface area contributed by atoms with Crippen molar-refractivity contribution in [2.75, 3.05) is 7.11 Å². The van der Waals surface area contributed by atoms with Gasteiger partial charge in [0.2, 0.25) is 0 Å². The second-order valence-electron chi connectivity index (χ2n) is 1.81. The van der Waals surface area contributed by atoms with Crippen molar-refractivity contribution < 1.29 is 4.74 Å². The van der Waals surface area contributed by atoms with E-state index in [1.54, 1.807) is 7.11 Å². The smallest absolute Gasteiger partial charge is 0.117 e. The fraction of sp³-hybridized carbons (Fsp3) is 0.750. The molecule has 9 heavy (non-hydrogen) atoms. The highest BCUT2D eigenvalue weighted by Gasteiger charge is 1.94. The third-order valence-electron chi connectivity index (χ3n) is 1.10. The van der Waals surface area contributed by atoms with Gasteiger partial charge < -0.3 is 4.74 Å². The summed E-state index contributed by atoms with van der Waals surface area (Å²) < 4.78 is 5.03. The summed E-state index contributed by atoms with van der Waals surface area (Å²) in [7, 11) is 1.69. The lowest BCUT2D eigenvalue weighted by Gasteiger charge is -2.01. The first-order valence-electron chi connectivity index (χ1n) is 3.36. The van der Waals surface area contributed by atoms with Crippen LogP contribution in [-0.4, -0.2) is 13.2 Å². The second-order valence-corrected chi connectivity index (χ2v) is 1.81. The molecule has 0 spiro atoms. The number of rotatable bonds is 2. The summed E-state index contributed by atoms with van der Waals surface area (Å²) in [6, 6.07) is 0. The molecule has 0 aliphatic rings. The first-order chi connectivity index (χ1) is 4.35. The Bertz CT molecular complexity index is 103. The molecule has 0 saturated heterocycles. The summed E-state index contributed by atoms with van der Waals surface area (Å²) in [4.78, 5) is 0. The van der Waals surface area contributed by atoms with Crippen LogP contribution in [0.15, 0.2) is 0 Å². The van der Waals surface area contributed by atoms with Gasteiger partial charge in [-0.25, -0.2) is 0 Å². The molecular weight excluding hydrogens is 112 g/mol. The van der Waals surface area contributed by atoms with E-state index in [4.69, 9.17) is 4.74 Å². The Kier molecular flexibility index (Phi) is 5.35. The molecule has 0 amide bonds. The Morgan fingerprint density at radius 3 is 2.44 bits per heavy atom. The van der Waals surface area contributed by atoms with Crippen molar-refractivity contribution in [3.05, 3.63) is 0 Å². The van der Waals surface area contributed by atoms with E-state index in [-0.39, 0.29) is 6.10 Å². The molecule has 52 valence electrons.